The van der Waals surface area contributed by atoms with E-state index >= 15 is 0 Å². The van der Waals surface area contributed by atoms with Gasteiger partial charge in [-0.1, -0.05) is 22.9 Å². The van der Waals surface area contributed by atoms with Crippen molar-refractivity contribution in [1.82, 2.24) is 20.3 Å². The first-order valence-electron chi connectivity index (χ1n) is 7.07. The summed E-state index contributed by atoms with van der Waals surface area (Å²) in [7, 11) is 0. The number of aliphatic carboxylic acids is 1. The van der Waals surface area contributed by atoms with Crippen LogP contribution < -0.4 is 5.32 Å². The quantitative estimate of drug-likeness (QED) is 0.864. The summed E-state index contributed by atoms with van der Waals surface area (Å²) >= 11 is 0. The van der Waals surface area contributed by atoms with Crippen molar-refractivity contribution >= 4 is 11.9 Å². The van der Waals surface area contributed by atoms with Crippen LogP contribution in [0.1, 0.15) is 28.9 Å². The van der Waals surface area contributed by atoms with Gasteiger partial charge in [-0.25, -0.2) is 9.48 Å². The van der Waals surface area contributed by atoms with Gasteiger partial charge in [-0.3, -0.25) is 4.79 Å². The summed E-state index contributed by atoms with van der Waals surface area (Å²) in [5.41, 5.74) is 2.01. The molecule has 1 aromatic carbocycles. The van der Waals surface area contributed by atoms with Gasteiger partial charge in [0.05, 0.1) is 11.9 Å². The monoisotopic (exact) mass is 300 g/mol. The van der Waals surface area contributed by atoms with E-state index in [0.29, 0.717) is 0 Å². The third kappa shape index (κ3) is 2.98. The summed E-state index contributed by atoms with van der Waals surface area (Å²) in [6, 6.07) is 6.76. The van der Waals surface area contributed by atoms with Crippen molar-refractivity contribution in [3.63, 3.8) is 0 Å². The van der Waals surface area contributed by atoms with Gasteiger partial charge in [0, 0.05) is 0 Å². The van der Waals surface area contributed by atoms with Crippen molar-refractivity contribution < 1.29 is 14.7 Å². The molecule has 0 radical (unpaired) electrons. The van der Waals surface area contributed by atoms with Gasteiger partial charge in [-0.05, 0) is 37.8 Å². The molecule has 1 atom stereocenters. The lowest BCUT2D eigenvalue weighted by atomic mass is 10.2. The predicted molar refractivity (Wildman–Crippen MR) is 77.7 cm³/mol. The Morgan fingerprint density at radius 1 is 1.32 bits per heavy atom. The van der Waals surface area contributed by atoms with Crippen LogP contribution in [0.2, 0.25) is 0 Å². The molecule has 1 aliphatic rings. The van der Waals surface area contributed by atoms with Crippen LogP contribution in [-0.4, -0.2) is 38.0 Å². The molecule has 1 amide bonds. The van der Waals surface area contributed by atoms with E-state index in [-0.39, 0.29) is 11.6 Å². The van der Waals surface area contributed by atoms with Gasteiger partial charge in [0.25, 0.3) is 5.91 Å². The molecule has 0 aliphatic heterocycles. The number of rotatable bonds is 5. The maximum atomic E-state index is 12.1. The second-order valence-electron chi connectivity index (χ2n) is 5.51. The summed E-state index contributed by atoms with van der Waals surface area (Å²) in [5.74, 6) is -1.51. The highest BCUT2D eigenvalue weighted by molar-refractivity contribution is 5.94. The minimum absolute atomic E-state index is 0.0218. The van der Waals surface area contributed by atoms with E-state index in [4.69, 9.17) is 5.11 Å². The van der Waals surface area contributed by atoms with E-state index < -0.39 is 17.9 Å². The molecule has 2 N–H and O–H groups in total. The van der Waals surface area contributed by atoms with Crippen molar-refractivity contribution in [3.05, 3.63) is 41.7 Å². The van der Waals surface area contributed by atoms with E-state index in [1.165, 1.54) is 10.9 Å². The number of benzene rings is 1. The Kier molecular flexibility index (Phi) is 3.62. The van der Waals surface area contributed by atoms with E-state index in [1.807, 2.05) is 31.2 Å². The fourth-order valence-corrected chi connectivity index (χ4v) is 2.22. The van der Waals surface area contributed by atoms with Crippen molar-refractivity contribution in [2.24, 2.45) is 5.92 Å². The van der Waals surface area contributed by atoms with Gasteiger partial charge in [-0.15, -0.1) is 5.10 Å². The molecule has 114 valence electrons. The maximum Gasteiger partial charge on any atom is 0.326 e. The highest BCUT2D eigenvalue weighted by atomic mass is 16.4. The summed E-state index contributed by atoms with van der Waals surface area (Å²) in [5, 5.41) is 19.4. The molecule has 0 spiro atoms. The van der Waals surface area contributed by atoms with Crippen LogP contribution in [0.25, 0.3) is 5.69 Å². The predicted octanol–water partition coefficient (Wildman–Crippen LogP) is 1.17. The third-order valence-corrected chi connectivity index (χ3v) is 3.67. The molecule has 1 aromatic heterocycles. The Hall–Kier alpha value is -2.70. The molecule has 7 nitrogen and oxygen atoms in total. The number of amides is 1. The highest BCUT2D eigenvalue weighted by Crippen LogP contribution is 2.32. The number of hydrogen-bond donors (Lipinski definition) is 2. The topological polar surface area (TPSA) is 97.1 Å². The van der Waals surface area contributed by atoms with Crippen LogP contribution in [-0.2, 0) is 4.79 Å². The minimum Gasteiger partial charge on any atom is -0.480 e. The Labute approximate surface area is 126 Å². The zero-order valence-electron chi connectivity index (χ0n) is 12.1. The average molecular weight is 300 g/mol. The lowest BCUT2D eigenvalue weighted by Crippen LogP contribution is -2.42. The van der Waals surface area contributed by atoms with E-state index in [0.717, 1.165) is 24.1 Å². The van der Waals surface area contributed by atoms with Crippen LogP contribution in [0.3, 0.4) is 0 Å². The van der Waals surface area contributed by atoms with Gasteiger partial charge in [0.1, 0.15) is 6.04 Å². The summed E-state index contributed by atoms with van der Waals surface area (Å²) in [6.07, 6.45) is 3.15. The average Bonchev–Trinajstić information content (AvgIpc) is 3.21. The molecule has 1 aliphatic carbocycles. The van der Waals surface area contributed by atoms with Crippen molar-refractivity contribution in [1.29, 1.82) is 0 Å². The molecule has 22 heavy (non-hydrogen) atoms. The summed E-state index contributed by atoms with van der Waals surface area (Å²) < 4.78 is 1.49. The van der Waals surface area contributed by atoms with Gasteiger partial charge in [0.15, 0.2) is 5.69 Å². The second kappa shape index (κ2) is 5.59. The summed E-state index contributed by atoms with van der Waals surface area (Å²) in [4.78, 5) is 23.3. The van der Waals surface area contributed by atoms with E-state index in [1.54, 1.807) is 0 Å². The molecule has 1 unspecified atom stereocenters. The van der Waals surface area contributed by atoms with Crippen LogP contribution in [0.5, 0.6) is 0 Å². The van der Waals surface area contributed by atoms with Crippen molar-refractivity contribution in [2.45, 2.75) is 25.8 Å². The van der Waals surface area contributed by atoms with Gasteiger partial charge < -0.3 is 10.4 Å². The Morgan fingerprint density at radius 2 is 2.00 bits per heavy atom. The number of nitrogens with one attached hydrogen (secondary N) is 1. The number of aryl methyl sites for hydroxylation is 1. The van der Waals surface area contributed by atoms with Crippen LogP contribution >= 0.6 is 0 Å². The lowest BCUT2D eigenvalue weighted by molar-refractivity contribution is -0.139. The summed E-state index contributed by atoms with van der Waals surface area (Å²) in [6.45, 7) is 1.98. The molecule has 1 saturated carbocycles. The highest BCUT2D eigenvalue weighted by Gasteiger charge is 2.37. The van der Waals surface area contributed by atoms with Gasteiger partial charge in [0.2, 0.25) is 0 Å². The standard InChI is InChI=1S/C15H16N4O3/c1-9-2-6-11(7-3-9)19-8-12(17-18-19)14(20)16-13(15(21)22)10-4-5-10/h2-3,6-8,10,13H,4-5H2,1H3,(H,16,20)(H,21,22). The van der Waals surface area contributed by atoms with Gasteiger partial charge in [-0.2, -0.15) is 0 Å². The fraction of sp³-hybridized carbons (Fsp3) is 0.333. The first-order chi connectivity index (χ1) is 10.5. The number of carbonyl (C=O) groups excluding carboxylic acids is 1. The number of nitrogens with zero attached hydrogens (tertiary/aromatic N) is 3. The normalized spacial score (nSPS) is 15.3. The number of carboxylic acids is 1. The van der Waals surface area contributed by atoms with Crippen LogP contribution in [0, 0.1) is 12.8 Å². The first kappa shape index (κ1) is 14.2. The SMILES string of the molecule is Cc1ccc(-n2cc(C(=O)NC(C(=O)O)C3CC3)nn2)cc1. The largest absolute Gasteiger partial charge is 0.480 e. The zero-order valence-corrected chi connectivity index (χ0v) is 12.1. The molecule has 2 aromatic rings. The molecule has 7 heteroatoms. The molecule has 1 heterocycles. The Balaban J connectivity index is 1.74. The first-order valence-corrected chi connectivity index (χ1v) is 7.07. The molecule has 3 rings (SSSR count). The van der Waals surface area contributed by atoms with Crippen molar-refractivity contribution in [2.75, 3.05) is 0 Å². The van der Waals surface area contributed by atoms with E-state index in [9.17, 15) is 9.59 Å². The minimum atomic E-state index is -1.01. The molecule has 0 saturated heterocycles. The number of hydrogen-bond acceptors (Lipinski definition) is 4. The molecular formula is C15H16N4O3. The maximum absolute atomic E-state index is 12.1. The smallest absolute Gasteiger partial charge is 0.326 e. The third-order valence-electron chi connectivity index (χ3n) is 3.67. The molecule has 1 fully saturated rings. The Morgan fingerprint density at radius 3 is 2.59 bits per heavy atom. The Bertz CT molecular complexity index is 704. The van der Waals surface area contributed by atoms with Gasteiger partial charge >= 0.3 is 5.97 Å². The molecular weight excluding hydrogens is 284 g/mol. The number of carbonyl (C=O) groups is 2. The second-order valence-corrected chi connectivity index (χ2v) is 5.51. The van der Waals surface area contributed by atoms with Crippen LogP contribution in [0.15, 0.2) is 30.5 Å². The lowest BCUT2D eigenvalue weighted by Gasteiger charge is -2.11. The van der Waals surface area contributed by atoms with Crippen molar-refractivity contribution in [3.8, 4) is 5.69 Å². The van der Waals surface area contributed by atoms with Crippen LogP contribution in [0.4, 0.5) is 0 Å². The number of aromatic nitrogens is 3. The number of carboxylic acid groups (broad SMARTS) is 1. The van der Waals surface area contributed by atoms with E-state index in [2.05, 4.69) is 15.6 Å². The fourth-order valence-electron chi connectivity index (χ4n) is 2.22. The molecule has 0 bridgehead atoms. The zero-order chi connectivity index (χ0) is 15.7.